The minimum Gasteiger partial charge on any atom is -0.371 e. The molecule has 1 aliphatic carbocycles. The van der Waals surface area contributed by atoms with E-state index in [1.165, 1.54) is 25.7 Å². The largest absolute Gasteiger partial charge is 0.371 e. The van der Waals surface area contributed by atoms with Crippen LogP contribution in [0.2, 0.25) is 5.02 Å². The number of hydrogen-bond acceptors (Lipinski definition) is 2. The number of halogens is 1. The molecular formula is C15H19ClN2. The van der Waals surface area contributed by atoms with E-state index in [-0.39, 0.29) is 0 Å². The van der Waals surface area contributed by atoms with Crippen LogP contribution in [0.1, 0.15) is 38.2 Å². The first-order valence-corrected chi connectivity index (χ1v) is 6.93. The fourth-order valence-corrected chi connectivity index (χ4v) is 3.09. The summed E-state index contributed by atoms with van der Waals surface area (Å²) in [6.07, 6.45) is 5.21. The summed E-state index contributed by atoms with van der Waals surface area (Å²) < 4.78 is 0. The van der Waals surface area contributed by atoms with Crippen molar-refractivity contribution in [3.05, 3.63) is 28.8 Å². The van der Waals surface area contributed by atoms with Crippen LogP contribution < -0.4 is 4.90 Å². The van der Waals surface area contributed by atoms with Gasteiger partial charge in [-0.1, -0.05) is 31.4 Å². The van der Waals surface area contributed by atoms with E-state index >= 15 is 0 Å². The molecule has 1 aliphatic rings. The second kappa shape index (κ2) is 5.63. The van der Waals surface area contributed by atoms with E-state index in [0.29, 0.717) is 16.6 Å². The summed E-state index contributed by atoms with van der Waals surface area (Å²) in [5, 5.41) is 9.44. The molecule has 2 rings (SSSR count). The maximum Gasteiger partial charge on any atom is 0.101 e. The zero-order chi connectivity index (χ0) is 13.1. The van der Waals surface area contributed by atoms with E-state index < -0.39 is 0 Å². The van der Waals surface area contributed by atoms with Crippen LogP contribution in [0.25, 0.3) is 0 Å². The summed E-state index contributed by atoms with van der Waals surface area (Å²) >= 11 is 6.10. The minimum atomic E-state index is 0.547. The fourth-order valence-electron chi connectivity index (χ4n) is 2.88. The third-order valence-corrected chi connectivity index (χ3v) is 4.36. The van der Waals surface area contributed by atoms with Gasteiger partial charge in [-0.25, -0.2) is 0 Å². The molecule has 0 saturated heterocycles. The number of hydrogen-bond donors (Lipinski definition) is 0. The second-order valence-corrected chi connectivity index (χ2v) is 5.62. The van der Waals surface area contributed by atoms with Gasteiger partial charge in [0, 0.05) is 18.8 Å². The van der Waals surface area contributed by atoms with E-state index in [0.717, 1.165) is 11.6 Å². The Bertz CT molecular complexity index is 464. The molecule has 2 atom stereocenters. The Morgan fingerprint density at radius 1 is 1.33 bits per heavy atom. The monoisotopic (exact) mass is 262 g/mol. The molecule has 18 heavy (non-hydrogen) atoms. The zero-order valence-electron chi connectivity index (χ0n) is 11.0. The molecule has 1 aromatic carbocycles. The smallest absolute Gasteiger partial charge is 0.101 e. The summed E-state index contributed by atoms with van der Waals surface area (Å²) in [5.74, 6) is 0.721. The molecule has 0 radical (unpaired) electrons. The molecular weight excluding hydrogens is 244 g/mol. The van der Waals surface area contributed by atoms with Gasteiger partial charge in [-0.15, -0.1) is 0 Å². The van der Waals surface area contributed by atoms with Gasteiger partial charge in [-0.3, -0.25) is 0 Å². The molecule has 0 heterocycles. The van der Waals surface area contributed by atoms with Gasteiger partial charge in [0.15, 0.2) is 0 Å². The summed E-state index contributed by atoms with van der Waals surface area (Å²) in [6, 6.07) is 8.39. The zero-order valence-corrected chi connectivity index (χ0v) is 11.7. The van der Waals surface area contributed by atoms with Crippen LogP contribution in [-0.2, 0) is 0 Å². The van der Waals surface area contributed by atoms with Gasteiger partial charge < -0.3 is 4.90 Å². The number of benzene rings is 1. The maximum atomic E-state index is 8.89. The van der Waals surface area contributed by atoms with Gasteiger partial charge in [-0.2, -0.15) is 5.26 Å². The van der Waals surface area contributed by atoms with Gasteiger partial charge in [-0.05, 0) is 37.0 Å². The Morgan fingerprint density at radius 2 is 2.06 bits per heavy atom. The van der Waals surface area contributed by atoms with E-state index in [1.54, 1.807) is 0 Å². The Hall–Kier alpha value is -1.20. The quantitative estimate of drug-likeness (QED) is 0.798. The molecule has 2 unspecified atom stereocenters. The highest BCUT2D eigenvalue weighted by atomic mass is 35.5. The average Bonchev–Trinajstić information content (AvgIpc) is 2.38. The number of anilines is 1. The lowest BCUT2D eigenvalue weighted by atomic mass is 9.85. The molecule has 0 N–H and O–H groups in total. The van der Waals surface area contributed by atoms with Crippen molar-refractivity contribution in [2.45, 2.75) is 38.6 Å². The van der Waals surface area contributed by atoms with Gasteiger partial charge in [0.2, 0.25) is 0 Å². The van der Waals surface area contributed by atoms with Crippen molar-refractivity contribution in [1.82, 2.24) is 0 Å². The highest BCUT2D eigenvalue weighted by molar-refractivity contribution is 6.32. The molecule has 1 aromatic rings. The normalized spacial score (nSPS) is 23.4. The number of nitriles is 1. The molecule has 96 valence electrons. The van der Waals surface area contributed by atoms with Crippen LogP contribution in [-0.4, -0.2) is 13.1 Å². The topological polar surface area (TPSA) is 27.0 Å². The molecule has 0 spiro atoms. The Balaban J connectivity index is 2.20. The molecule has 0 amide bonds. The molecule has 0 aliphatic heterocycles. The number of nitrogens with zero attached hydrogens (tertiary/aromatic N) is 2. The first-order valence-electron chi connectivity index (χ1n) is 6.56. The third kappa shape index (κ3) is 2.62. The van der Waals surface area contributed by atoms with Crippen molar-refractivity contribution in [3.63, 3.8) is 0 Å². The van der Waals surface area contributed by atoms with Crippen molar-refractivity contribution in [1.29, 1.82) is 5.26 Å². The Kier molecular flexibility index (Phi) is 4.14. The highest BCUT2D eigenvalue weighted by Gasteiger charge is 2.25. The lowest BCUT2D eigenvalue weighted by Crippen LogP contribution is -2.38. The van der Waals surface area contributed by atoms with Crippen LogP contribution in [0.5, 0.6) is 0 Å². The van der Waals surface area contributed by atoms with Gasteiger partial charge in [0.1, 0.15) is 6.07 Å². The number of rotatable bonds is 2. The molecule has 0 aromatic heterocycles. The summed E-state index contributed by atoms with van der Waals surface area (Å²) in [5.41, 5.74) is 1.66. The van der Waals surface area contributed by atoms with Crippen molar-refractivity contribution in [2.75, 3.05) is 11.9 Å². The maximum absolute atomic E-state index is 8.89. The van der Waals surface area contributed by atoms with E-state index in [9.17, 15) is 0 Å². The molecule has 2 nitrogen and oxygen atoms in total. The van der Waals surface area contributed by atoms with Gasteiger partial charge in [0.05, 0.1) is 10.6 Å². The lowest BCUT2D eigenvalue weighted by Gasteiger charge is -2.37. The average molecular weight is 263 g/mol. The van der Waals surface area contributed by atoms with Gasteiger partial charge >= 0.3 is 0 Å². The van der Waals surface area contributed by atoms with Gasteiger partial charge in [0.25, 0.3) is 0 Å². The first-order chi connectivity index (χ1) is 8.63. The van der Waals surface area contributed by atoms with E-state index in [1.807, 2.05) is 18.2 Å². The van der Waals surface area contributed by atoms with Crippen molar-refractivity contribution >= 4 is 17.3 Å². The second-order valence-electron chi connectivity index (χ2n) is 5.22. The van der Waals surface area contributed by atoms with Crippen LogP contribution >= 0.6 is 11.6 Å². The summed E-state index contributed by atoms with van der Waals surface area (Å²) in [6.45, 7) is 2.32. The van der Waals surface area contributed by atoms with E-state index in [2.05, 4.69) is 24.9 Å². The van der Waals surface area contributed by atoms with Crippen molar-refractivity contribution < 1.29 is 0 Å². The Morgan fingerprint density at radius 3 is 2.67 bits per heavy atom. The predicted octanol–water partition coefficient (Wildman–Crippen LogP) is 4.23. The van der Waals surface area contributed by atoms with E-state index in [4.69, 9.17) is 16.9 Å². The first kappa shape index (κ1) is 13.2. The Labute approximate surface area is 114 Å². The molecule has 1 saturated carbocycles. The predicted molar refractivity (Wildman–Crippen MR) is 76.0 cm³/mol. The van der Waals surface area contributed by atoms with Crippen LogP contribution in [0.3, 0.4) is 0 Å². The van der Waals surface area contributed by atoms with Crippen molar-refractivity contribution in [2.24, 2.45) is 5.92 Å². The van der Waals surface area contributed by atoms with Crippen molar-refractivity contribution in [3.8, 4) is 6.07 Å². The SMILES string of the molecule is CC1CCCCC1N(C)c1ccc(C#N)c(Cl)c1. The molecule has 3 heteroatoms. The lowest BCUT2D eigenvalue weighted by molar-refractivity contribution is 0.321. The van der Waals surface area contributed by atoms with Crippen LogP contribution in [0.4, 0.5) is 5.69 Å². The highest BCUT2D eigenvalue weighted by Crippen LogP contribution is 2.32. The minimum absolute atomic E-state index is 0.547. The van der Waals surface area contributed by atoms with Crippen LogP contribution in [0, 0.1) is 17.2 Å². The third-order valence-electron chi connectivity index (χ3n) is 4.04. The summed E-state index contributed by atoms with van der Waals surface area (Å²) in [7, 11) is 2.13. The standard InChI is InChI=1S/C15H19ClN2/c1-11-5-3-4-6-15(11)18(2)13-8-7-12(10-17)14(16)9-13/h7-9,11,15H,3-6H2,1-2H3. The fraction of sp³-hybridized carbons (Fsp3) is 0.533. The molecule has 1 fully saturated rings. The summed E-state index contributed by atoms with van der Waals surface area (Å²) in [4.78, 5) is 2.32. The molecule has 0 bridgehead atoms. The van der Waals surface area contributed by atoms with Crippen LogP contribution in [0.15, 0.2) is 18.2 Å².